The summed E-state index contributed by atoms with van der Waals surface area (Å²) in [5.74, 6) is 1.26. The van der Waals surface area contributed by atoms with Crippen LogP contribution in [0.2, 0.25) is 0 Å². The van der Waals surface area contributed by atoms with Crippen molar-refractivity contribution in [1.29, 1.82) is 0 Å². The van der Waals surface area contributed by atoms with Crippen LogP contribution in [0.25, 0.3) is 0 Å². The molecule has 2 aromatic rings. The lowest BCUT2D eigenvalue weighted by Crippen LogP contribution is -2.31. The van der Waals surface area contributed by atoms with Crippen molar-refractivity contribution in [2.24, 2.45) is 5.92 Å². The molecule has 0 radical (unpaired) electrons. The van der Waals surface area contributed by atoms with Crippen molar-refractivity contribution in [1.82, 2.24) is 15.0 Å². The van der Waals surface area contributed by atoms with E-state index in [9.17, 15) is 9.18 Å². The van der Waals surface area contributed by atoms with Crippen molar-refractivity contribution < 1.29 is 13.7 Å². The van der Waals surface area contributed by atoms with Gasteiger partial charge in [0.1, 0.15) is 11.9 Å². The van der Waals surface area contributed by atoms with E-state index in [1.807, 2.05) is 4.90 Å². The molecular weight excluding hydrogens is 297 g/mol. The molecule has 5 nitrogen and oxygen atoms in total. The molecule has 120 valence electrons. The van der Waals surface area contributed by atoms with Gasteiger partial charge >= 0.3 is 0 Å². The van der Waals surface area contributed by atoms with Crippen LogP contribution in [0.3, 0.4) is 0 Å². The third-order valence-electron chi connectivity index (χ3n) is 4.51. The topological polar surface area (TPSA) is 59.2 Å². The van der Waals surface area contributed by atoms with Crippen molar-refractivity contribution in [3.8, 4) is 0 Å². The quantitative estimate of drug-likeness (QED) is 0.870. The summed E-state index contributed by atoms with van der Waals surface area (Å²) in [5, 5.41) is 4.01. The van der Waals surface area contributed by atoms with Crippen LogP contribution in [-0.4, -0.2) is 27.5 Å². The number of likely N-dealkylation sites (tertiary alicyclic amines) is 1. The minimum absolute atomic E-state index is 0.0856. The Bertz CT molecular complexity index is 709. The summed E-state index contributed by atoms with van der Waals surface area (Å²) in [7, 11) is 0. The van der Waals surface area contributed by atoms with E-state index < -0.39 is 0 Å². The summed E-state index contributed by atoms with van der Waals surface area (Å²) in [4.78, 5) is 18.7. The molecule has 1 atom stereocenters. The number of benzene rings is 1. The van der Waals surface area contributed by atoms with Gasteiger partial charge in [-0.2, -0.15) is 4.98 Å². The summed E-state index contributed by atoms with van der Waals surface area (Å²) in [6.07, 6.45) is 4.34. The average molecular weight is 315 g/mol. The summed E-state index contributed by atoms with van der Waals surface area (Å²) in [6, 6.07) is 6.18. The van der Waals surface area contributed by atoms with Gasteiger partial charge in [0.15, 0.2) is 5.82 Å². The second kappa shape index (κ2) is 5.76. The van der Waals surface area contributed by atoms with Crippen LogP contribution in [0.4, 0.5) is 4.39 Å². The van der Waals surface area contributed by atoms with Gasteiger partial charge in [-0.05, 0) is 43.4 Å². The summed E-state index contributed by atoms with van der Waals surface area (Å²) < 4.78 is 18.3. The minimum atomic E-state index is -0.261. The highest BCUT2D eigenvalue weighted by Crippen LogP contribution is 2.38. The first-order valence-electron chi connectivity index (χ1n) is 8.08. The van der Waals surface area contributed by atoms with Gasteiger partial charge in [0.2, 0.25) is 11.8 Å². The lowest BCUT2D eigenvalue weighted by atomic mass is 10.1. The van der Waals surface area contributed by atoms with Crippen LogP contribution in [-0.2, 0) is 11.2 Å². The molecule has 2 fully saturated rings. The van der Waals surface area contributed by atoms with E-state index >= 15 is 0 Å². The Kier molecular flexibility index (Phi) is 3.59. The second-order valence-electron chi connectivity index (χ2n) is 6.32. The molecule has 0 unspecified atom stereocenters. The molecule has 0 bridgehead atoms. The zero-order valence-electron chi connectivity index (χ0n) is 12.7. The van der Waals surface area contributed by atoms with Crippen molar-refractivity contribution >= 4 is 5.91 Å². The number of hydrogen-bond acceptors (Lipinski definition) is 4. The van der Waals surface area contributed by atoms with Crippen LogP contribution >= 0.6 is 0 Å². The van der Waals surface area contributed by atoms with Gasteiger partial charge in [-0.1, -0.05) is 17.3 Å². The predicted molar refractivity (Wildman–Crippen MR) is 79.9 cm³/mol. The van der Waals surface area contributed by atoms with Gasteiger partial charge in [0.05, 0.1) is 0 Å². The molecule has 1 amide bonds. The first-order chi connectivity index (χ1) is 11.2. The van der Waals surface area contributed by atoms with E-state index in [1.54, 1.807) is 12.1 Å². The largest absolute Gasteiger partial charge is 0.337 e. The molecule has 23 heavy (non-hydrogen) atoms. The Morgan fingerprint density at radius 3 is 2.78 bits per heavy atom. The molecular formula is C17H18FN3O2. The molecule has 0 N–H and O–H groups in total. The summed E-state index contributed by atoms with van der Waals surface area (Å²) in [5.41, 5.74) is 0.927. The van der Waals surface area contributed by atoms with E-state index in [4.69, 9.17) is 4.52 Å². The maximum absolute atomic E-state index is 12.9. The lowest BCUT2D eigenvalue weighted by molar-refractivity contribution is -0.133. The Morgan fingerprint density at radius 2 is 2.04 bits per heavy atom. The number of carbonyl (C=O) groups is 1. The molecule has 6 heteroatoms. The zero-order valence-corrected chi connectivity index (χ0v) is 12.7. The molecule has 1 aliphatic heterocycles. The maximum Gasteiger partial charge on any atom is 0.249 e. The molecule has 1 saturated heterocycles. The van der Waals surface area contributed by atoms with E-state index in [0.29, 0.717) is 18.1 Å². The van der Waals surface area contributed by atoms with Gasteiger partial charge in [0.25, 0.3) is 0 Å². The van der Waals surface area contributed by atoms with Gasteiger partial charge in [-0.3, -0.25) is 4.79 Å². The number of halogens is 1. The molecule has 2 aliphatic rings. The number of amides is 1. The van der Waals surface area contributed by atoms with Crippen LogP contribution in [0.15, 0.2) is 28.8 Å². The second-order valence-corrected chi connectivity index (χ2v) is 6.32. The fourth-order valence-corrected chi connectivity index (χ4v) is 3.11. The number of hydrogen-bond donors (Lipinski definition) is 0. The number of rotatable bonds is 4. The maximum atomic E-state index is 12.9. The van der Waals surface area contributed by atoms with Crippen molar-refractivity contribution in [3.05, 3.63) is 47.4 Å². The Labute approximate surface area is 133 Å². The zero-order chi connectivity index (χ0) is 15.8. The van der Waals surface area contributed by atoms with Gasteiger partial charge in [-0.25, -0.2) is 4.39 Å². The van der Waals surface area contributed by atoms with E-state index in [0.717, 1.165) is 37.8 Å². The van der Waals surface area contributed by atoms with E-state index in [-0.39, 0.29) is 23.7 Å². The Morgan fingerprint density at radius 1 is 1.26 bits per heavy atom. The first kappa shape index (κ1) is 14.4. The monoisotopic (exact) mass is 315 g/mol. The fraction of sp³-hybridized carbons (Fsp3) is 0.471. The molecule has 1 aromatic heterocycles. The van der Waals surface area contributed by atoms with Crippen LogP contribution in [0.5, 0.6) is 0 Å². The standard InChI is InChI=1S/C17H18FN3O2/c18-13-7-3-11(4-8-13)10-15-19-16(23-20-15)14-2-1-9-21(14)17(22)12-5-6-12/h3-4,7-8,12,14H,1-2,5-6,9-10H2/t14-/m1/s1. The first-order valence-corrected chi connectivity index (χ1v) is 8.08. The highest BCUT2D eigenvalue weighted by Gasteiger charge is 2.40. The normalized spacial score (nSPS) is 20.9. The third-order valence-corrected chi connectivity index (χ3v) is 4.51. The molecule has 4 rings (SSSR count). The van der Waals surface area contributed by atoms with Gasteiger partial charge in [-0.15, -0.1) is 0 Å². The molecule has 1 aliphatic carbocycles. The molecule has 1 aromatic carbocycles. The SMILES string of the molecule is O=C(C1CC1)N1CCC[C@@H]1c1nc(Cc2ccc(F)cc2)no1. The lowest BCUT2D eigenvalue weighted by Gasteiger charge is -2.21. The van der Waals surface area contributed by atoms with Gasteiger partial charge in [0, 0.05) is 18.9 Å². The van der Waals surface area contributed by atoms with Crippen molar-refractivity contribution in [2.45, 2.75) is 38.1 Å². The van der Waals surface area contributed by atoms with E-state index in [2.05, 4.69) is 10.1 Å². The van der Waals surface area contributed by atoms with Crippen molar-refractivity contribution in [2.75, 3.05) is 6.54 Å². The smallest absolute Gasteiger partial charge is 0.249 e. The number of nitrogens with zero attached hydrogens (tertiary/aromatic N) is 3. The van der Waals surface area contributed by atoms with Crippen LogP contribution in [0, 0.1) is 11.7 Å². The number of aromatic nitrogens is 2. The van der Waals surface area contributed by atoms with Crippen molar-refractivity contribution in [3.63, 3.8) is 0 Å². The summed E-state index contributed by atoms with van der Waals surface area (Å²) >= 11 is 0. The molecule has 2 heterocycles. The van der Waals surface area contributed by atoms with Crippen LogP contribution < -0.4 is 0 Å². The van der Waals surface area contributed by atoms with Gasteiger partial charge < -0.3 is 9.42 Å². The molecule has 1 saturated carbocycles. The Hall–Kier alpha value is -2.24. The highest BCUT2D eigenvalue weighted by molar-refractivity contribution is 5.81. The Balaban J connectivity index is 1.48. The minimum Gasteiger partial charge on any atom is -0.337 e. The molecule has 0 spiro atoms. The third kappa shape index (κ3) is 2.98. The van der Waals surface area contributed by atoms with Crippen LogP contribution in [0.1, 0.15) is 49.0 Å². The van der Waals surface area contributed by atoms with E-state index in [1.165, 1.54) is 12.1 Å². The predicted octanol–water partition coefficient (Wildman–Crippen LogP) is 2.87. The number of carbonyl (C=O) groups excluding carboxylic acids is 1. The summed E-state index contributed by atoms with van der Waals surface area (Å²) in [6.45, 7) is 0.773. The average Bonchev–Trinajstić information content (AvgIpc) is 3.11. The highest BCUT2D eigenvalue weighted by atomic mass is 19.1. The fourth-order valence-electron chi connectivity index (χ4n) is 3.11.